The van der Waals surface area contributed by atoms with Crippen LogP contribution in [0.4, 0.5) is 11.4 Å². The lowest BCUT2D eigenvalue weighted by molar-refractivity contribution is -0.892. The molecule has 25 heavy (non-hydrogen) atoms. The summed E-state index contributed by atoms with van der Waals surface area (Å²) in [6.45, 7) is 5.51. The Balaban J connectivity index is 1.53. The lowest BCUT2D eigenvalue weighted by Gasteiger charge is -2.33. The third-order valence-electron chi connectivity index (χ3n) is 5.25. The van der Waals surface area contributed by atoms with Crippen LogP contribution in [0.2, 0.25) is 0 Å². The molecule has 0 saturated carbocycles. The highest BCUT2D eigenvalue weighted by atomic mass is 16.6. The number of hydrogen-bond donors (Lipinski definition) is 1. The molecule has 7 heteroatoms. The van der Waals surface area contributed by atoms with E-state index in [1.54, 1.807) is 12.1 Å². The first kappa shape index (κ1) is 17.7. The maximum Gasteiger partial charge on any atom is 0.292 e. The molecule has 0 aromatic heterocycles. The van der Waals surface area contributed by atoms with Crippen LogP contribution in [-0.2, 0) is 4.79 Å². The van der Waals surface area contributed by atoms with Crippen LogP contribution >= 0.6 is 0 Å². The predicted octanol–water partition coefficient (Wildman–Crippen LogP) is 0.702. The molecule has 1 amide bonds. The summed E-state index contributed by atoms with van der Waals surface area (Å²) in [5.74, 6) is 0.260. The molecule has 2 aliphatic rings. The van der Waals surface area contributed by atoms with Gasteiger partial charge in [0.15, 0.2) is 6.54 Å². The van der Waals surface area contributed by atoms with Crippen LogP contribution in [0.5, 0.6) is 0 Å². The maximum atomic E-state index is 12.5. The molecular formula is C18H27N4O3+. The first-order valence-electron chi connectivity index (χ1n) is 9.25. The summed E-state index contributed by atoms with van der Waals surface area (Å²) < 4.78 is 0. The minimum Gasteiger partial charge on any atom is -0.355 e. The zero-order chi connectivity index (χ0) is 17.6. The summed E-state index contributed by atoms with van der Waals surface area (Å²) >= 11 is 0. The van der Waals surface area contributed by atoms with E-state index < -0.39 is 0 Å². The van der Waals surface area contributed by atoms with Gasteiger partial charge in [-0.05, 0) is 18.9 Å². The van der Waals surface area contributed by atoms with Gasteiger partial charge in [0.2, 0.25) is 0 Å². The Morgan fingerprint density at radius 3 is 2.32 bits per heavy atom. The van der Waals surface area contributed by atoms with E-state index in [9.17, 15) is 14.9 Å². The van der Waals surface area contributed by atoms with Crippen LogP contribution in [0.3, 0.4) is 0 Å². The van der Waals surface area contributed by atoms with Crippen molar-refractivity contribution in [3.63, 3.8) is 0 Å². The second-order valence-electron chi connectivity index (χ2n) is 6.95. The third kappa shape index (κ3) is 4.48. The van der Waals surface area contributed by atoms with Crippen molar-refractivity contribution in [3.8, 4) is 0 Å². The number of amides is 1. The summed E-state index contributed by atoms with van der Waals surface area (Å²) in [5, 5.41) is 11.2. The van der Waals surface area contributed by atoms with Crippen molar-refractivity contribution < 1.29 is 14.6 Å². The predicted molar refractivity (Wildman–Crippen MR) is 95.9 cm³/mol. The van der Waals surface area contributed by atoms with Crippen LogP contribution in [-0.4, -0.2) is 61.5 Å². The maximum absolute atomic E-state index is 12.5. The zero-order valence-electron chi connectivity index (χ0n) is 14.7. The molecule has 2 fully saturated rings. The van der Waals surface area contributed by atoms with Crippen LogP contribution < -0.4 is 9.80 Å². The number of para-hydroxylation sites is 2. The van der Waals surface area contributed by atoms with Gasteiger partial charge in [-0.1, -0.05) is 25.0 Å². The minimum absolute atomic E-state index is 0.159. The number of nitrogens with zero attached hydrogens (tertiary/aromatic N) is 3. The summed E-state index contributed by atoms with van der Waals surface area (Å²) in [4.78, 5) is 28.8. The molecule has 7 nitrogen and oxygen atoms in total. The Morgan fingerprint density at radius 2 is 1.68 bits per heavy atom. The lowest BCUT2D eigenvalue weighted by Crippen LogP contribution is -3.15. The number of nitro benzene ring substituents is 1. The molecule has 2 saturated heterocycles. The van der Waals surface area contributed by atoms with Gasteiger partial charge in [-0.2, -0.15) is 0 Å². The van der Waals surface area contributed by atoms with Crippen molar-refractivity contribution in [3.05, 3.63) is 34.4 Å². The Hall–Kier alpha value is -2.15. The van der Waals surface area contributed by atoms with E-state index in [1.165, 1.54) is 17.7 Å². The second kappa shape index (κ2) is 8.29. The molecule has 136 valence electrons. The molecule has 0 spiro atoms. The second-order valence-corrected chi connectivity index (χ2v) is 6.95. The first-order chi connectivity index (χ1) is 12.1. The summed E-state index contributed by atoms with van der Waals surface area (Å²) in [6, 6.07) is 6.90. The molecule has 1 aromatic carbocycles. The van der Waals surface area contributed by atoms with Gasteiger partial charge in [0.25, 0.3) is 11.6 Å². The largest absolute Gasteiger partial charge is 0.355 e. The van der Waals surface area contributed by atoms with Gasteiger partial charge < -0.3 is 14.7 Å². The fourth-order valence-corrected chi connectivity index (χ4v) is 3.77. The molecular weight excluding hydrogens is 320 g/mol. The number of nitrogens with one attached hydrogen (secondary N) is 1. The number of piperazine rings is 1. The minimum atomic E-state index is -0.322. The highest BCUT2D eigenvalue weighted by molar-refractivity contribution is 5.77. The summed E-state index contributed by atoms with van der Waals surface area (Å²) in [6.07, 6.45) is 4.69. The summed E-state index contributed by atoms with van der Waals surface area (Å²) in [5.41, 5.74) is 0.844. The highest BCUT2D eigenvalue weighted by Gasteiger charge is 2.27. The normalized spacial score (nSPS) is 19.5. The van der Waals surface area contributed by atoms with Crippen LogP contribution in [0.15, 0.2) is 24.3 Å². The van der Waals surface area contributed by atoms with E-state index in [2.05, 4.69) is 4.90 Å². The standard InChI is InChI=1S/C18H26N4O3/c23-18(21-9-5-1-2-6-10-21)15-19-11-13-20(14-12-19)16-7-3-4-8-17(16)22(24)25/h3-4,7-8H,1-2,5-6,9-15H2/p+1. The van der Waals surface area contributed by atoms with Crippen molar-refractivity contribution in [1.29, 1.82) is 0 Å². The van der Waals surface area contributed by atoms with E-state index in [-0.39, 0.29) is 16.5 Å². The molecule has 0 bridgehead atoms. The smallest absolute Gasteiger partial charge is 0.292 e. The van der Waals surface area contributed by atoms with E-state index in [0.29, 0.717) is 12.2 Å². The van der Waals surface area contributed by atoms with Gasteiger partial charge in [0.05, 0.1) is 31.1 Å². The topological polar surface area (TPSA) is 71.1 Å². The fourth-order valence-electron chi connectivity index (χ4n) is 3.77. The van der Waals surface area contributed by atoms with Gasteiger partial charge in [-0.3, -0.25) is 14.9 Å². The first-order valence-corrected chi connectivity index (χ1v) is 9.25. The van der Waals surface area contributed by atoms with Crippen molar-refractivity contribution in [2.24, 2.45) is 0 Å². The van der Waals surface area contributed by atoms with Gasteiger partial charge in [0, 0.05) is 19.2 Å². The Labute approximate surface area is 148 Å². The molecule has 2 aliphatic heterocycles. The Bertz CT molecular complexity index is 606. The van der Waals surface area contributed by atoms with Crippen molar-refractivity contribution in [1.82, 2.24) is 4.90 Å². The number of carbonyl (C=O) groups is 1. The highest BCUT2D eigenvalue weighted by Crippen LogP contribution is 2.27. The quantitative estimate of drug-likeness (QED) is 0.643. The SMILES string of the molecule is O=C(C[NH+]1CCN(c2ccccc2[N+](=O)[O-])CC1)N1CCCCCC1. The number of carbonyl (C=O) groups excluding carboxylic acids is 1. The van der Waals surface area contributed by atoms with Crippen LogP contribution in [0.1, 0.15) is 25.7 Å². The number of hydrogen-bond acceptors (Lipinski definition) is 4. The van der Waals surface area contributed by atoms with Crippen molar-refractivity contribution >= 4 is 17.3 Å². The number of quaternary nitrogens is 1. The van der Waals surface area contributed by atoms with Crippen LogP contribution in [0.25, 0.3) is 0 Å². The number of rotatable bonds is 4. The average molecular weight is 347 g/mol. The lowest BCUT2D eigenvalue weighted by atomic mass is 10.2. The molecule has 0 aliphatic carbocycles. The summed E-state index contributed by atoms with van der Waals surface area (Å²) in [7, 11) is 0. The number of benzene rings is 1. The van der Waals surface area contributed by atoms with Gasteiger partial charge in [-0.25, -0.2) is 0 Å². The van der Waals surface area contributed by atoms with E-state index in [1.807, 2.05) is 17.0 Å². The molecule has 0 unspecified atom stereocenters. The zero-order valence-corrected chi connectivity index (χ0v) is 14.7. The van der Waals surface area contributed by atoms with Gasteiger partial charge in [-0.15, -0.1) is 0 Å². The van der Waals surface area contributed by atoms with Crippen LogP contribution in [0, 0.1) is 10.1 Å². The number of anilines is 1. The molecule has 1 N–H and O–H groups in total. The van der Waals surface area contributed by atoms with Gasteiger partial charge in [0.1, 0.15) is 5.69 Å². The fraction of sp³-hybridized carbons (Fsp3) is 0.611. The third-order valence-corrected chi connectivity index (χ3v) is 5.25. The Morgan fingerprint density at radius 1 is 1.04 bits per heavy atom. The van der Waals surface area contributed by atoms with Gasteiger partial charge >= 0.3 is 0 Å². The molecule has 0 atom stereocenters. The molecule has 1 aromatic rings. The van der Waals surface area contributed by atoms with Crippen molar-refractivity contribution in [2.45, 2.75) is 25.7 Å². The molecule has 3 rings (SSSR count). The average Bonchev–Trinajstić information content (AvgIpc) is 2.92. The molecule has 2 heterocycles. The van der Waals surface area contributed by atoms with E-state index in [0.717, 1.165) is 52.1 Å². The van der Waals surface area contributed by atoms with E-state index in [4.69, 9.17) is 0 Å². The monoisotopic (exact) mass is 347 g/mol. The molecule has 0 radical (unpaired) electrons. The van der Waals surface area contributed by atoms with Crippen molar-refractivity contribution in [2.75, 3.05) is 50.7 Å². The number of likely N-dealkylation sites (tertiary alicyclic amines) is 1. The number of nitro groups is 1. The van der Waals surface area contributed by atoms with E-state index >= 15 is 0 Å². The Kier molecular flexibility index (Phi) is 5.86.